The van der Waals surface area contributed by atoms with Crippen LogP contribution in [-0.4, -0.2) is 46.9 Å². The number of nitrogens with one attached hydrogen (secondary N) is 1. The van der Waals surface area contributed by atoms with E-state index in [0.29, 0.717) is 32.4 Å². The minimum Gasteiger partial charge on any atom is -0.481 e. The number of rotatable bonds is 3. The highest BCUT2D eigenvalue weighted by Crippen LogP contribution is 2.33. The Bertz CT molecular complexity index is 396. The average molecular weight is 268 g/mol. The maximum Gasteiger partial charge on any atom is 0.306 e. The van der Waals surface area contributed by atoms with Gasteiger partial charge in [0.1, 0.15) is 0 Å². The predicted molar refractivity (Wildman–Crippen MR) is 67.3 cm³/mol. The van der Waals surface area contributed by atoms with Crippen LogP contribution in [-0.2, 0) is 14.4 Å². The number of nitrogens with zero attached hydrogens (tertiary/aromatic N) is 1. The van der Waals surface area contributed by atoms with Gasteiger partial charge in [-0.2, -0.15) is 0 Å². The van der Waals surface area contributed by atoms with Crippen LogP contribution in [0.25, 0.3) is 0 Å². The monoisotopic (exact) mass is 268 g/mol. The van der Waals surface area contributed by atoms with Gasteiger partial charge in [0.05, 0.1) is 5.92 Å². The van der Waals surface area contributed by atoms with Crippen molar-refractivity contribution in [2.75, 3.05) is 13.1 Å². The zero-order chi connectivity index (χ0) is 14.0. The number of carbonyl (C=O) groups is 3. The molecule has 1 saturated heterocycles. The fourth-order valence-electron chi connectivity index (χ4n) is 3.05. The first kappa shape index (κ1) is 13.8. The fourth-order valence-corrected chi connectivity index (χ4v) is 3.05. The Balaban J connectivity index is 1.85. The van der Waals surface area contributed by atoms with E-state index in [1.807, 2.05) is 0 Å². The SMILES string of the molecule is CC(=O)NC1CCN(C(=O)C2CCC(C(=O)O)C2)C1. The molecule has 3 atom stereocenters. The average Bonchev–Trinajstić information content (AvgIpc) is 2.95. The van der Waals surface area contributed by atoms with Crippen molar-refractivity contribution in [3.63, 3.8) is 0 Å². The second-order valence-electron chi connectivity index (χ2n) is 5.52. The van der Waals surface area contributed by atoms with Gasteiger partial charge >= 0.3 is 5.97 Å². The lowest BCUT2D eigenvalue weighted by Crippen LogP contribution is -2.39. The van der Waals surface area contributed by atoms with Crippen LogP contribution in [0.3, 0.4) is 0 Å². The van der Waals surface area contributed by atoms with E-state index in [4.69, 9.17) is 5.11 Å². The summed E-state index contributed by atoms with van der Waals surface area (Å²) in [5.41, 5.74) is 0. The quantitative estimate of drug-likeness (QED) is 0.767. The summed E-state index contributed by atoms with van der Waals surface area (Å²) in [4.78, 5) is 35.9. The van der Waals surface area contributed by atoms with Gasteiger partial charge in [-0.05, 0) is 25.7 Å². The van der Waals surface area contributed by atoms with Gasteiger partial charge in [0.15, 0.2) is 0 Å². The molecular formula is C13H20N2O4. The second-order valence-corrected chi connectivity index (χ2v) is 5.52. The molecule has 1 aliphatic carbocycles. The zero-order valence-corrected chi connectivity index (χ0v) is 11.1. The molecule has 0 aromatic rings. The van der Waals surface area contributed by atoms with Gasteiger partial charge < -0.3 is 15.3 Å². The first-order valence-electron chi connectivity index (χ1n) is 6.76. The van der Waals surface area contributed by atoms with E-state index in [1.54, 1.807) is 4.90 Å². The van der Waals surface area contributed by atoms with E-state index in [-0.39, 0.29) is 29.7 Å². The smallest absolute Gasteiger partial charge is 0.306 e. The summed E-state index contributed by atoms with van der Waals surface area (Å²) >= 11 is 0. The number of aliphatic carboxylic acids is 1. The number of amides is 2. The number of hydrogen-bond donors (Lipinski definition) is 2. The van der Waals surface area contributed by atoms with Crippen LogP contribution in [0.15, 0.2) is 0 Å². The van der Waals surface area contributed by atoms with Crippen molar-refractivity contribution in [3.05, 3.63) is 0 Å². The van der Waals surface area contributed by atoms with Crippen molar-refractivity contribution < 1.29 is 19.5 Å². The molecule has 3 unspecified atom stereocenters. The van der Waals surface area contributed by atoms with Crippen molar-refractivity contribution in [3.8, 4) is 0 Å². The van der Waals surface area contributed by atoms with Gasteiger partial charge in [0, 0.05) is 32.0 Å². The van der Waals surface area contributed by atoms with Gasteiger partial charge in [-0.25, -0.2) is 0 Å². The van der Waals surface area contributed by atoms with E-state index < -0.39 is 5.97 Å². The second kappa shape index (κ2) is 5.59. The van der Waals surface area contributed by atoms with E-state index >= 15 is 0 Å². The van der Waals surface area contributed by atoms with Crippen molar-refractivity contribution in [2.45, 2.75) is 38.6 Å². The summed E-state index contributed by atoms with van der Waals surface area (Å²) in [7, 11) is 0. The highest BCUT2D eigenvalue weighted by atomic mass is 16.4. The van der Waals surface area contributed by atoms with Crippen LogP contribution in [0.2, 0.25) is 0 Å². The molecule has 2 amide bonds. The molecule has 2 aliphatic rings. The molecule has 0 aromatic carbocycles. The minimum absolute atomic E-state index is 0.0399. The van der Waals surface area contributed by atoms with Crippen molar-refractivity contribution in [1.29, 1.82) is 0 Å². The van der Waals surface area contributed by atoms with Gasteiger partial charge in [0.2, 0.25) is 11.8 Å². The number of carbonyl (C=O) groups excluding carboxylic acids is 2. The highest BCUT2D eigenvalue weighted by Gasteiger charge is 2.37. The molecule has 1 aliphatic heterocycles. The standard InChI is InChI=1S/C13H20N2O4/c1-8(16)14-11-4-5-15(7-11)12(17)9-2-3-10(6-9)13(18)19/h9-11H,2-7H2,1H3,(H,14,16)(H,18,19). The van der Waals surface area contributed by atoms with Crippen LogP contribution >= 0.6 is 0 Å². The summed E-state index contributed by atoms with van der Waals surface area (Å²) in [6, 6.07) is 0.0399. The Hall–Kier alpha value is -1.59. The molecule has 6 nitrogen and oxygen atoms in total. The van der Waals surface area contributed by atoms with Crippen LogP contribution in [0.5, 0.6) is 0 Å². The third kappa shape index (κ3) is 3.24. The summed E-state index contributed by atoms with van der Waals surface area (Å²) in [6.45, 7) is 2.67. The predicted octanol–water partition coefficient (Wildman–Crippen LogP) is 0.224. The third-order valence-corrected chi connectivity index (χ3v) is 4.04. The summed E-state index contributed by atoms with van der Waals surface area (Å²) < 4.78 is 0. The molecule has 0 radical (unpaired) electrons. The molecule has 0 aromatic heterocycles. The van der Waals surface area contributed by atoms with Crippen LogP contribution in [0.4, 0.5) is 0 Å². The lowest BCUT2D eigenvalue weighted by molar-refractivity contribution is -0.141. The Morgan fingerprint density at radius 1 is 1.16 bits per heavy atom. The lowest BCUT2D eigenvalue weighted by Gasteiger charge is -2.20. The molecule has 1 saturated carbocycles. The molecular weight excluding hydrogens is 248 g/mol. The third-order valence-electron chi connectivity index (χ3n) is 4.04. The van der Waals surface area contributed by atoms with E-state index in [1.165, 1.54) is 6.92 Å². The summed E-state index contributed by atoms with van der Waals surface area (Å²) in [5, 5.41) is 11.8. The Kier molecular flexibility index (Phi) is 4.07. The molecule has 106 valence electrons. The number of hydrogen-bond acceptors (Lipinski definition) is 3. The first-order chi connectivity index (χ1) is 8.97. The Morgan fingerprint density at radius 2 is 1.84 bits per heavy atom. The fraction of sp³-hybridized carbons (Fsp3) is 0.769. The van der Waals surface area contributed by atoms with Gasteiger partial charge in [-0.1, -0.05) is 0 Å². The number of carboxylic acids is 1. The van der Waals surface area contributed by atoms with Gasteiger partial charge in [-0.15, -0.1) is 0 Å². The van der Waals surface area contributed by atoms with Crippen LogP contribution in [0, 0.1) is 11.8 Å². The van der Waals surface area contributed by atoms with Gasteiger partial charge in [0.25, 0.3) is 0 Å². The normalized spacial score (nSPS) is 30.4. The highest BCUT2D eigenvalue weighted by molar-refractivity contribution is 5.81. The maximum atomic E-state index is 12.3. The molecule has 6 heteroatoms. The van der Waals surface area contributed by atoms with Crippen molar-refractivity contribution in [2.24, 2.45) is 11.8 Å². The number of likely N-dealkylation sites (tertiary alicyclic amines) is 1. The molecule has 19 heavy (non-hydrogen) atoms. The first-order valence-corrected chi connectivity index (χ1v) is 6.76. The van der Waals surface area contributed by atoms with E-state index in [0.717, 1.165) is 6.42 Å². The molecule has 2 fully saturated rings. The molecule has 2 N–H and O–H groups in total. The zero-order valence-electron chi connectivity index (χ0n) is 11.1. The summed E-state index contributed by atoms with van der Waals surface area (Å²) in [5.74, 6) is -1.35. The lowest BCUT2D eigenvalue weighted by atomic mass is 10.0. The van der Waals surface area contributed by atoms with Crippen LogP contribution < -0.4 is 5.32 Å². The largest absolute Gasteiger partial charge is 0.481 e. The minimum atomic E-state index is -0.798. The Labute approximate surface area is 112 Å². The van der Waals surface area contributed by atoms with Gasteiger partial charge in [-0.3, -0.25) is 14.4 Å². The van der Waals surface area contributed by atoms with E-state index in [9.17, 15) is 14.4 Å². The van der Waals surface area contributed by atoms with Crippen LogP contribution in [0.1, 0.15) is 32.6 Å². The van der Waals surface area contributed by atoms with Crippen molar-refractivity contribution in [1.82, 2.24) is 10.2 Å². The molecule has 0 spiro atoms. The summed E-state index contributed by atoms with van der Waals surface area (Å²) in [6.07, 6.45) is 2.49. The molecule has 2 rings (SSSR count). The maximum absolute atomic E-state index is 12.3. The Morgan fingerprint density at radius 3 is 2.42 bits per heavy atom. The molecule has 0 bridgehead atoms. The molecule has 1 heterocycles. The number of carboxylic acid groups (broad SMARTS) is 1. The topological polar surface area (TPSA) is 86.7 Å². The van der Waals surface area contributed by atoms with E-state index in [2.05, 4.69) is 5.32 Å². The van der Waals surface area contributed by atoms with Crippen molar-refractivity contribution >= 4 is 17.8 Å².